The highest BCUT2D eigenvalue weighted by Gasteiger charge is 2.18. The van der Waals surface area contributed by atoms with Crippen LogP contribution < -0.4 is 4.90 Å². The molecule has 108 valence electrons. The third kappa shape index (κ3) is 2.94. The summed E-state index contributed by atoms with van der Waals surface area (Å²) in [5.41, 5.74) is 1.02. The SMILES string of the molecule is COCCCN1CCN(c2cn3ccccc3n2)CC1. The molecule has 20 heavy (non-hydrogen) atoms. The quantitative estimate of drug-likeness (QED) is 0.774. The van der Waals surface area contributed by atoms with Gasteiger partial charge >= 0.3 is 0 Å². The normalized spacial score (nSPS) is 16.9. The van der Waals surface area contributed by atoms with Gasteiger partial charge in [0.15, 0.2) is 0 Å². The van der Waals surface area contributed by atoms with E-state index in [4.69, 9.17) is 4.74 Å². The van der Waals surface area contributed by atoms with Crippen LogP contribution in [0.25, 0.3) is 5.65 Å². The van der Waals surface area contributed by atoms with Crippen LogP contribution in [-0.4, -0.2) is 60.7 Å². The molecule has 3 heterocycles. The summed E-state index contributed by atoms with van der Waals surface area (Å²) in [6, 6.07) is 6.11. The van der Waals surface area contributed by atoms with Gasteiger partial charge in [0.2, 0.25) is 0 Å². The van der Waals surface area contributed by atoms with Gasteiger partial charge in [-0.05, 0) is 18.6 Å². The predicted octanol–water partition coefficient (Wildman–Crippen LogP) is 1.49. The number of ether oxygens (including phenoxy) is 1. The summed E-state index contributed by atoms with van der Waals surface area (Å²) in [4.78, 5) is 9.57. The summed E-state index contributed by atoms with van der Waals surface area (Å²) in [5, 5.41) is 0. The van der Waals surface area contributed by atoms with Gasteiger partial charge in [0.05, 0.1) is 6.20 Å². The number of hydrogen-bond acceptors (Lipinski definition) is 4. The average molecular weight is 274 g/mol. The molecule has 1 fully saturated rings. The molecule has 0 N–H and O–H groups in total. The lowest BCUT2D eigenvalue weighted by atomic mass is 10.3. The topological polar surface area (TPSA) is 33.0 Å². The van der Waals surface area contributed by atoms with Crippen molar-refractivity contribution in [1.82, 2.24) is 14.3 Å². The number of piperazine rings is 1. The van der Waals surface area contributed by atoms with E-state index >= 15 is 0 Å². The van der Waals surface area contributed by atoms with Crippen LogP contribution in [0.5, 0.6) is 0 Å². The van der Waals surface area contributed by atoms with Crippen molar-refractivity contribution in [2.75, 3.05) is 51.3 Å². The molecule has 0 spiro atoms. The van der Waals surface area contributed by atoms with Crippen molar-refractivity contribution in [3.8, 4) is 0 Å². The smallest absolute Gasteiger partial charge is 0.147 e. The van der Waals surface area contributed by atoms with E-state index in [9.17, 15) is 0 Å². The summed E-state index contributed by atoms with van der Waals surface area (Å²) >= 11 is 0. The monoisotopic (exact) mass is 274 g/mol. The Morgan fingerprint density at radius 1 is 1.20 bits per heavy atom. The molecule has 0 bridgehead atoms. The minimum Gasteiger partial charge on any atom is -0.385 e. The maximum atomic E-state index is 5.11. The molecule has 5 heteroatoms. The van der Waals surface area contributed by atoms with Crippen LogP contribution in [0.4, 0.5) is 5.82 Å². The molecule has 0 aliphatic carbocycles. The van der Waals surface area contributed by atoms with Crippen molar-refractivity contribution >= 4 is 11.5 Å². The van der Waals surface area contributed by atoms with E-state index in [-0.39, 0.29) is 0 Å². The molecule has 1 aliphatic rings. The van der Waals surface area contributed by atoms with Gasteiger partial charge in [-0.25, -0.2) is 4.98 Å². The van der Waals surface area contributed by atoms with Crippen molar-refractivity contribution < 1.29 is 4.74 Å². The Balaban J connectivity index is 1.57. The largest absolute Gasteiger partial charge is 0.385 e. The first-order valence-corrected chi connectivity index (χ1v) is 7.27. The Hall–Kier alpha value is -1.59. The summed E-state index contributed by atoms with van der Waals surface area (Å²) < 4.78 is 7.19. The minimum atomic E-state index is 0.854. The first-order chi connectivity index (χ1) is 9.86. The molecule has 5 nitrogen and oxygen atoms in total. The van der Waals surface area contributed by atoms with Gasteiger partial charge in [0, 0.05) is 52.6 Å². The fraction of sp³-hybridized carbons (Fsp3) is 0.533. The molecule has 2 aromatic rings. The predicted molar refractivity (Wildman–Crippen MR) is 80.3 cm³/mol. The standard InChI is InChI=1S/C15H22N4O/c1-20-12-4-6-17-8-10-18(11-9-17)15-13-19-7-3-2-5-14(19)16-15/h2-3,5,7,13H,4,6,8-12H2,1H3. The second-order valence-electron chi connectivity index (χ2n) is 5.24. The number of imidazole rings is 1. The molecule has 0 atom stereocenters. The molecule has 0 unspecified atom stereocenters. The van der Waals surface area contributed by atoms with Crippen LogP contribution in [0, 0.1) is 0 Å². The zero-order valence-corrected chi connectivity index (χ0v) is 12.0. The summed E-state index contributed by atoms with van der Waals surface area (Å²) in [7, 11) is 1.77. The number of methoxy groups -OCH3 is 1. The molecule has 0 saturated carbocycles. The number of pyridine rings is 1. The fourth-order valence-electron chi connectivity index (χ4n) is 2.71. The number of nitrogens with zero attached hydrogens (tertiary/aromatic N) is 4. The molecule has 0 aromatic carbocycles. The van der Waals surface area contributed by atoms with E-state index in [2.05, 4.69) is 25.4 Å². The lowest BCUT2D eigenvalue weighted by Gasteiger charge is -2.34. The number of fused-ring (bicyclic) bond motifs is 1. The van der Waals surface area contributed by atoms with Crippen molar-refractivity contribution in [3.05, 3.63) is 30.6 Å². The Bertz CT molecular complexity index is 513. The molecule has 3 rings (SSSR count). The van der Waals surface area contributed by atoms with E-state index in [0.29, 0.717) is 0 Å². The Kier molecular flexibility index (Phi) is 4.18. The average Bonchev–Trinajstić information content (AvgIpc) is 2.92. The van der Waals surface area contributed by atoms with Crippen LogP contribution in [0.1, 0.15) is 6.42 Å². The van der Waals surface area contributed by atoms with Gasteiger partial charge in [-0.3, -0.25) is 4.90 Å². The highest BCUT2D eigenvalue weighted by molar-refractivity contribution is 5.50. The molecular weight excluding hydrogens is 252 g/mol. The van der Waals surface area contributed by atoms with E-state index in [0.717, 1.165) is 57.2 Å². The maximum Gasteiger partial charge on any atom is 0.147 e. The zero-order chi connectivity index (χ0) is 13.8. The molecule has 2 aromatic heterocycles. The number of rotatable bonds is 5. The molecule has 1 aliphatic heterocycles. The summed E-state index contributed by atoms with van der Waals surface area (Å²) in [5.74, 6) is 1.09. The van der Waals surface area contributed by atoms with Gasteiger partial charge in [0.1, 0.15) is 11.5 Å². The first kappa shape index (κ1) is 13.4. The lowest BCUT2D eigenvalue weighted by molar-refractivity contribution is 0.169. The Morgan fingerprint density at radius 2 is 2.05 bits per heavy atom. The van der Waals surface area contributed by atoms with Crippen LogP contribution in [-0.2, 0) is 4.74 Å². The highest BCUT2D eigenvalue weighted by Crippen LogP contribution is 2.16. The van der Waals surface area contributed by atoms with Crippen molar-refractivity contribution in [2.24, 2.45) is 0 Å². The van der Waals surface area contributed by atoms with Gasteiger partial charge in [0.25, 0.3) is 0 Å². The van der Waals surface area contributed by atoms with Gasteiger partial charge in [-0.1, -0.05) is 6.07 Å². The maximum absolute atomic E-state index is 5.11. The summed E-state index contributed by atoms with van der Waals surface area (Å²) in [6.07, 6.45) is 5.29. The second-order valence-corrected chi connectivity index (χ2v) is 5.24. The van der Waals surface area contributed by atoms with E-state index in [1.54, 1.807) is 7.11 Å². The van der Waals surface area contributed by atoms with Gasteiger partial charge in [-0.15, -0.1) is 0 Å². The third-order valence-electron chi connectivity index (χ3n) is 3.87. The van der Waals surface area contributed by atoms with Crippen LogP contribution in [0.2, 0.25) is 0 Å². The third-order valence-corrected chi connectivity index (χ3v) is 3.87. The number of hydrogen-bond donors (Lipinski definition) is 0. The van der Waals surface area contributed by atoms with Gasteiger partial charge in [-0.2, -0.15) is 0 Å². The van der Waals surface area contributed by atoms with Crippen molar-refractivity contribution in [3.63, 3.8) is 0 Å². The summed E-state index contributed by atoms with van der Waals surface area (Å²) in [6.45, 7) is 6.31. The number of anilines is 1. The van der Waals surface area contributed by atoms with E-state index < -0.39 is 0 Å². The highest BCUT2D eigenvalue weighted by atomic mass is 16.5. The first-order valence-electron chi connectivity index (χ1n) is 7.27. The Morgan fingerprint density at radius 3 is 2.80 bits per heavy atom. The van der Waals surface area contributed by atoms with E-state index in [1.165, 1.54) is 0 Å². The second kappa shape index (κ2) is 6.24. The Labute approximate surface area is 119 Å². The molecular formula is C15H22N4O. The number of aromatic nitrogens is 2. The fourth-order valence-corrected chi connectivity index (χ4v) is 2.71. The van der Waals surface area contributed by atoms with Crippen LogP contribution in [0.3, 0.4) is 0 Å². The molecule has 1 saturated heterocycles. The van der Waals surface area contributed by atoms with Crippen LogP contribution >= 0.6 is 0 Å². The van der Waals surface area contributed by atoms with Gasteiger partial charge < -0.3 is 14.0 Å². The van der Waals surface area contributed by atoms with E-state index in [1.807, 2.05) is 24.4 Å². The lowest BCUT2D eigenvalue weighted by Crippen LogP contribution is -2.46. The molecule has 0 radical (unpaired) electrons. The minimum absolute atomic E-state index is 0.854. The van der Waals surface area contributed by atoms with Crippen molar-refractivity contribution in [1.29, 1.82) is 0 Å². The van der Waals surface area contributed by atoms with Crippen LogP contribution in [0.15, 0.2) is 30.6 Å². The zero-order valence-electron chi connectivity index (χ0n) is 12.0. The molecule has 0 amide bonds. The van der Waals surface area contributed by atoms with Crippen molar-refractivity contribution in [2.45, 2.75) is 6.42 Å².